The predicted molar refractivity (Wildman–Crippen MR) is 84.6 cm³/mol. The topological polar surface area (TPSA) is 66.6 Å². The number of hydrogen-bond acceptors (Lipinski definition) is 3. The average Bonchev–Trinajstić information content (AvgIpc) is 2.90. The van der Waals surface area contributed by atoms with Crippen molar-refractivity contribution in [2.75, 3.05) is 6.54 Å². The highest BCUT2D eigenvalue weighted by Crippen LogP contribution is 2.30. The minimum absolute atomic E-state index is 0.0619. The van der Waals surface area contributed by atoms with Gasteiger partial charge in [0.15, 0.2) is 0 Å². The van der Waals surface area contributed by atoms with Crippen molar-refractivity contribution in [1.82, 2.24) is 14.7 Å². The summed E-state index contributed by atoms with van der Waals surface area (Å²) in [4.78, 5) is 16.5. The third-order valence-corrected chi connectivity index (χ3v) is 4.39. The van der Waals surface area contributed by atoms with E-state index < -0.39 is 5.60 Å². The van der Waals surface area contributed by atoms with Crippen LogP contribution >= 0.6 is 0 Å². The summed E-state index contributed by atoms with van der Waals surface area (Å²) >= 11 is 0. The van der Waals surface area contributed by atoms with Gasteiger partial charge < -0.3 is 14.8 Å². The molecule has 0 saturated heterocycles. The van der Waals surface area contributed by atoms with Gasteiger partial charge in [0.2, 0.25) is 5.91 Å². The SMILES string of the molecule is O=C(CC1(O)CCCCC1)NCCc1cn2ccccc2n1. The largest absolute Gasteiger partial charge is 0.389 e. The third-order valence-electron chi connectivity index (χ3n) is 4.39. The van der Waals surface area contributed by atoms with Gasteiger partial charge in [-0.1, -0.05) is 25.3 Å². The van der Waals surface area contributed by atoms with E-state index in [1.807, 2.05) is 35.0 Å². The molecule has 1 amide bonds. The molecular weight excluding hydrogens is 278 g/mol. The van der Waals surface area contributed by atoms with Crippen molar-refractivity contribution in [3.8, 4) is 0 Å². The van der Waals surface area contributed by atoms with E-state index in [9.17, 15) is 9.90 Å². The van der Waals surface area contributed by atoms with Crippen LogP contribution in [0, 0.1) is 0 Å². The van der Waals surface area contributed by atoms with Crippen LogP contribution in [0.3, 0.4) is 0 Å². The summed E-state index contributed by atoms with van der Waals surface area (Å²) in [6, 6.07) is 5.88. The quantitative estimate of drug-likeness (QED) is 0.888. The number of imidazole rings is 1. The second-order valence-corrected chi connectivity index (χ2v) is 6.26. The van der Waals surface area contributed by atoms with Crippen LogP contribution in [0.2, 0.25) is 0 Å². The van der Waals surface area contributed by atoms with Gasteiger partial charge in [0.05, 0.1) is 17.7 Å². The standard InChI is InChI=1S/C17H23N3O2/c21-16(12-17(22)8-3-1-4-9-17)18-10-7-14-13-20-11-5-2-6-15(20)19-14/h2,5-6,11,13,22H,1,3-4,7-10,12H2,(H,18,21). The first-order chi connectivity index (χ1) is 10.6. The van der Waals surface area contributed by atoms with Crippen molar-refractivity contribution in [2.24, 2.45) is 0 Å². The van der Waals surface area contributed by atoms with Crippen LogP contribution in [0.4, 0.5) is 0 Å². The van der Waals surface area contributed by atoms with Crippen LogP contribution in [0.1, 0.15) is 44.2 Å². The van der Waals surface area contributed by atoms with Crippen LogP contribution in [-0.2, 0) is 11.2 Å². The van der Waals surface area contributed by atoms with Gasteiger partial charge in [-0.3, -0.25) is 4.79 Å². The van der Waals surface area contributed by atoms with E-state index >= 15 is 0 Å². The molecule has 2 heterocycles. The van der Waals surface area contributed by atoms with Crippen LogP contribution in [0.5, 0.6) is 0 Å². The van der Waals surface area contributed by atoms with Crippen molar-refractivity contribution in [1.29, 1.82) is 0 Å². The molecule has 2 aromatic heterocycles. The van der Waals surface area contributed by atoms with E-state index in [1.54, 1.807) is 0 Å². The number of nitrogens with zero attached hydrogens (tertiary/aromatic N) is 2. The van der Waals surface area contributed by atoms with Gasteiger partial charge in [-0.15, -0.1) is 0 Å². The van der Waals surface area contributed by atoms with E-state index in [-0.39, 0.29) is 12.3 Å². The fourth-order valence-electron chi connectivity index (χ4n) is 3.19. The molecule has 0 atom stereocenters. The number of fused-ring (bicyclic) bond motifs is 1. The van der Waals surface area contributed by atoms with Crippen molar-refractivity contribution in [2.45, 2.75) is 50.5 Å². The molecule has 5 heteroatoms. The highest BCUT2D eigenvalue weighted by atomic mass is 16.3. The normalized spacial score (nSPS) is 17.5. The summed E-state index contributed by atoms with van der Waals surface area (Å²) in [7, 11) is 0. The molecule has 0 bridgehead atoms. The molecule has 0 unspecified atom stereocenters. The molecule has 1 aliphatic carbocycles. The Morgan fingerprint density at radius 3 is 2.91 bits per heavy atom. The summed E-state index contributed by atoms with van der Waals surface area (Å²) in [5, 5.41) is 13.3. The van der Waals surface area contributed by atoms with Gasteiger partial charge in [0.1, 0.15) is 5.65 Å². The number of carbonyl (C=O) groups is 1. The number of carbonyl (C=O) groups excluding carboxylic acids is 1. The number of rotatable bonds is 5. The first-order valence-electron chi connectivity index (χ1n) is 8.06. The highest BCUT2D eigenvalue weighted by molar-refractivity contribution is 5.77. The fourth-order valence-corrected chi connectivity index (χ4v) is 3.19. The van der Waals surface area contributed by atoms with E-state index in [1.165, 1.54) is 0 Å². The molecule has 3 rings (SSSR count). The smallest absolute Gasteiger partial charge is 0.222 e. The minimum Gasteiger partial charge on any atom is -0.389 e. The molecule has 118 valence electrons. The maximum Gasteiger partial charge on any atom is 0.222 e. The van der Waals surface area contributed by atoms with Crippen LogP contribution in [-0.4, -0.2) is 32.5 Å². The number of amides is 1. The van der Waals surface area contributed by atoms with E-state index in [4.69, 9.17) is 0 Å². The summed E-state index contributed by atoms with van der Waals surface area (Å²) in [6.07, 6.45) is 9.55. The second kappa shape index (κ2) is 6.48. The first-order valence-corrected chi connectivity index (χ1v) is 8.06. The van der Waals surface area contributed by atoms with Crippen LogP contribution in [0.25, 0.3) is 5.65 Å². The van der Waals surface area contributed by atoms with E-state index in [0.717, 1.165) is 43.4 Å². The fraction of sp³-hybridized carbons (Fsp3) is 0.529. The molecule has 5 nitrogen and oxygen atoms in total. The minimum atomic E-state index is -0.786. The Morgan fingerprint density at radius 2 is 2.14 bits per heavy atom. The Balaban J connectivity index is 1.47. The molecule has 0 radical (unpaired) electrons. The lowest BCUT2D eigenvalue weighted by Crippen LogP contribution is -2.38. The van der Waals surface area contributed by atoms with Gasteiger partial charge in [-0.05, 0) is 25.0 Å². The lowest BCUT2D eigenvalue weighted by molar-refractivity contribution is -0.127. The van der Waals surface area contributed by atoms with Gasteiger partial charge in [0, 0.05) is 25.4 Å². The zero-order valence-corrected chi connectivity index (χ0v) is 12.8. The monoisotopic (exact) mass is 301 g/mol. The maximum absolute atomic E-state index is 12.0. The summed E-state index contributed by atoms with van der Waals surface area (Å²) in [6.45, 7) is 0.554. The van der Waals surface area contributed by atoms with Gasteiger partial charge in [-0.25, -0.2) is 4.98 Å². The van der Waals surface area contributed by atoms with E-state index in [0.29, 0.717) is 13.0 Å². The first kappa shape index (κ1) is 15.0. The zero-order chi connectivity index (χ0) is 15.4. The summed E-state index contributed by atoms with van der Waals surface area (Å²) in [5.41, 5.74) is 1.09. The summed E-state index contributed by atoms with van der Waals surface area (Å²) < 4.78 is 1.97. The van der Waals surface area contributed by atoms with E-state index in [2.05, 4.69) is 10.3 Å². The number of aromatic nitrogens is 2. The summed E-state index contributed by atoms with van der Waals surface area (Å²) in [5.74, 6) is -0.0619. The number of pyridine rings is 1. The van der Waals surface area contributed by atoms with Crippen LogP contribution < -0.4 is 5.32 Å². The predicted octanol–water partition coefficient (Wildman–Crippen LogP) is 2.08. The molecule has 1 aliphatic rings. The molecule has 0 spiro atoms. The lowest BCUT2D eigenvalue weighted by Gasteiger charge is -2.31. The molecule has 0 aliphatic heterocycles. The van der Waals surface area contributed by atoms with Crippen molar-refractivity contribution in [3.63, 3.8) is 0 Å². The van der Waals surface area contributed by atoms with Gasteiger partial charge in [-0.2, -0.15) is 0 Å². The molecule has 22 heavy (non-hydrogen) atoms. The Bertz CT molecular complexity index is 611. The van der Waals surface area contributed by atoms with Crippen molar-refractivity contribution in [3.05, 3.63) is 36.3 Å². The Labute approximate surface area is 130 Å². The molecule has 2 N–H and O–H groups in total. The van der Waals surface area contributed by atoms with Crippen molar-refractivity contribution < 1.29 is 9.90 Å². The maximum atomic E-state index is 12.0. The molecule has 0 aromatic carbocycles. The Hall–Kier alpha value is -1.88. The molecule has 2 aromatic rings. The molecule has 1 saturated carbocycles. The molecular formula is C17H23N3O2. The van der Waals surface area contributed by atoms with Crippen LogP contribution in [0.15, 0.2) is 30.6 Å². The third kappa shape index (κ3) is 3.65. The Kier molecular flexibility index (Phi) is 4.43. The van der Waals surface area contributed by atoms with Gasteiger partial charge >= 0.3 is 0 Å². The highest BCUT2D eigenvalue weighted by Gasteiger charge is 2.31. The van der Waals surface area contributed by atoms with Gasteiger partial charge in [0.25, 0.3) is 0 Å². The van der Waals surface area contributed by atoms with Crippen molar-refractivity contribution >= 4 is 11.6 Å². The molecule has 1 fully saturated rings. The number of hydrogen-bond donors (Lipinski definition) is 2. The number of aliphatic hydroxyl groups is 1. The second-order valence-electron chi connectivity index (χ2n) is 6.26. The average molecular weight is 301 g/mol. The zero-order valence-electron chi connectivity index (χ0n) is 12.8. The lowest BCUT2D eigenvalue weighted by atomic mass is 9.82. The number of nitrogens with one attached hydrogen (secondary N) is 1. The Morgan fingerprint density at radius 1 is 1.32 bits per heavy atom.